The van der Waals surface area contributed by atoms with Crippen molar-refractivity contribution in [2.75, 3.05) is 16.8 Å². The van der Waals surface area contributed by atoms with E-state index in [1.54, 1.807) is 18.2 Å². The summed E-state index contributed by atoms with van der Waals surface area (Å²) in [5.74, 6) is 0.306. The molecule has 0 saturated carbocycles. The molecule has 1 atom stereocenters. The molecule has 1 N–H and O–H groups in total. The van der Waals surface area contributed by atoms with Crippen molar-refractivity contribution in [1.82, 2.24) is 0 Å². The van der Waals surface area contributed by atoms with E-state index in [2.05, 4.69) is 5.32 Å². The third-order valence-electron chi connectivity index (χ3n) is 3.04. The zero-order valence-corrected chi connectivity index (χ0v) is 11.5. The average Bonchev–Trinajstić information content (AvgIpc) is 2.56. The van der Waals surface area contributed by atoms with E-state index in [9.17, 15) is 8.42 Å². The molecule has 0 aromatic heterocycles. The Bertz CT molecular complexity index is 621. The van der Waals surface area contributed by atoms with Gasteiger partial charge in [0.1, 0.15) is 0 Å². The smallest absolute Gasteiger partial charge is 0.152 e. The number of halogens is 1. The number of anilines is 1. The first kappa shape index (κ1) is 13.2. The van der Waals surface area contributed by atoms with Gasteiger partial charge in [-0.25, -0.2) is 8.42 Å². The fourth-order valence-electron chi connectivity index (χ4n) is 2.12. The maximum absolute atomic E-state index is 11.5. The second-order valence-electron chi connectivity index (χ2n) is 4.83. The summed E-state index contributed by atoms with van der Waals surface area (Å²) in [5, 5.41) is 12.4. The van der Waals surface area contributed by atoms with Gasteiger partial charge in [0.05, 0.1) is 33.8 Å². The SMILES string of the molecule is CC1(Nc2ccc(C#N)cc2Cl)CCS(=O)(=O)C1. The molecule has 6 heteroatoms. The fraction of sp³-hybridized carbons (Fsp3) is 0.417. The lowest BCUT2D eigenvalue weighted by molar-refractivity contribution is 0.574. The predicted octanol–water partition coefficient (Wildman–Crippen LogP) is 2.20. The van der Waals surface area contributed by atoms with Gasteiger partial charge in [-0.15, -0.1) is 0 Å². The van der Waals surface area contributed by atoms with Crippen LogP contribution in [0.4, 0.5) is 5.69 Å². The van der Waals surface area contributed by atoms with Crippen molar-refractivity contribution in [3.05, 3.63) is 28.8 Å². The summed E-state index contributed by atoms with van der Waals surface area (Å²) in [4.78, 5) is 0. The highest BCUT2D eigenvalue weighted by Gasteiger charge is 2.38. The molecule has 0 aliphatic carbocycles. The minimum absolute atomic E-state index is 0.107. The number of nitriles is 1. The molecule has 1 aromatic rings. The summed E-state index contributed by atoms with van der Waals surface area (Å²) in [6.45, 7) is 1.87. The van der Waals surface area contributed by atoms with E-state index in [1.165, 1.54) is 0 Å². The standard InChI is InChI=1S/C12H13ClN2O2S/c1-12(4-5-18(16,17)8-12)15-11-3-2-9(7-14)6-10(11)13/h2-3,6,15H,4-5,8H2,1H3. The molecule has 1 aliphatic heterocycles. The van der Waals surface area contributed by atoms with Crippen LogP contribution in [0.25, 0.3) is 0 Å². The second-order valence-corrected chi connectivity index (χ2v) is 7.43. The summed E-state index contributed by atoms with van der Waals surface area (Å²) < 4.78 is 23.0. The van der Waals surface area contributed by atoms with Crippen LogP contribution in [0.3, 0.4) is 0 Å². The van der Waals surface area contributed by atoms with E-state index >= 15 is 0 Å². The van der Waals surface area contributed by atoms with Crippen molar-refractivity contribution in [3.8, 4) is 6.07 Å². The zero-order chi connectivity index (χ0) is 13.4. The second kappa shape index (κ2) is 4.45. The summed E-state index contributed by atoms with van der Waals surface area (Å²) in [7, 11) is -2.96. The molecule has 1 unspecified atom stereocenters. The van der Waals surface area contributed by atoms with E-state index in [-0.39, 0.29) is 11.5 Å². The normalized spacial score (nSPS) is 25.6. The first-order chi connectivity index (χ1) is 8.34. The van der Waals surface area contributed by atoms with Gasteiger partial charge in [-0.05, 0) is 31.5 Å². The molecule has 1 aromatic carbocycles. The van der Waals surface area contributed by atoms with Crippen molar-refractivity contribution in [1.29, 1.82) is 5.26 Å². The van der Waals surface area contributed by atoms with Crippen molar-refractivity contribution < 1.29 is 8.42 Å². The summed E-state index contributed by atoms with van der Waals surface area (Å²) in [6, 6.07) is 6.93. The third-order valence-corrected chi connectivity index (χ3v) is 5.25. The van der Waals surface area contributed by atoms with Gasteiger partial charge in [-0.3, -0.25) is 0 Å². The van der Waals surface area contributed by atoms with Gasteiger partial charge in [-0.1, -0.05) is 11.6 Å². The Hall–Kier alpha value is -1.25. The maximum Gasteiger partial charge on any atom is 0.152 e. The molecular formula is C12H13ClN2O2S. The zero-order valence-electron chi connectivity index (χ0n) is 9.90. The van der Waals surface area contributed by atoms with Gasteiger partial charge in [0.2, 0.25) is 0 Å². The van der Waals surface area contributed by atoms with E-state index in [1.807, 2.05) is 13.0 Å². The molecule has 0 radical (unpaired) electrons. The Kier molecular flexibility index (Phi) is 3.26. The van der Waals surface area contributed by atoms with Crippen LogP contribution in [0.1, 0.15) is 18.9 Å². The number of sulfone groups is 1. The Morgan fingerprint density at radius 2 is 2.22 bits per heavy atom. The first-order valence-electron chi connectivity index (χ1n) is 5.52. The van der Waals surface area contributed by atoms with Gasteiger partial charge in [-0.2, -0.15) is 5.26 Å². The highest BCUT2D eigenvalue weighted by Crippen LogP contribution is 2.31. The molecule has 2 rings (SSSR count). The molecule has 1 heterocycles. The van der Waals surface area contributed by atoms with Gasteiger partial charge in [0, 0.05) is 5.54 Å². The Morgan fingerprint density at radius 3 is 2.72 bits per heavy atom. The van der Waals surface area contributed by atoms with Crippen LogP contribution in [0, 0.1) is 11.3 Å². The highest BCUT2D eigenvalue weighted by molar-refractivity contribution is 7.91. The number of nitrogens with one attached hydrogen (secondary N) is 1. The fourth-order valence-corrected chi connectivity index (χ4v) is 4.44. The van der Waals surface area contributed by atoms with Crippen LogP contribution in [0.5, 0.6) is 0 Å². The van der Waals surface area contributed by atoms with Crippen molar-refractivity contribution in [2.24, 2.45) is 0 Å². The number of hydrogen-bond donors (Lipinski definition) is 1. The van der Waals surface area contributed by atoms with Crippen LogP contribution in [0.15, 0.2) is 18.2 Å². The minimum Gasteiger partial charge on any atom is -0.378 e. The maximum atomic E-state index is 11.5. The summed E-state index contributed by atoms with van der Waals surface area (Å²) in [6.07, 6.45) is 0.561. The lowest BCUT2D eigenvalue weighted by Crippen LogP contribution is -2.35. The number of benzene rings is 1. The van der Waals surface area contributed by atoms with E-state index < -0.39 is 15.4 Å². The van der Waals surface area contributed by atoms with Crippen molar-refractivity contribution in [3.63, 3.8) is 0 Å². The Balaban J connectivity index is 2.23. The highest BCUT2D eigenvalue weighted by atomic mass is 35.5. The van der Waals surface area contributed by atoms with Crippen LogP contribution in [-0.2, 0) is 9.84 Å². The average molecular weight is 285 g/mol. The number of hydrogen-bond acceptors (Lipinski definition) is 4. The van der Waals surface area contributed by atoms with Gasteiger partial charge in [0.25, 0.3) is 0 Å². The van der Waals surface area contributed by atoms with Gasteiger partial charge < -0.3 is 5.32 Å². The lowest BCUT2D eigenvalue weighted by atomic mass is 10.0. The van der Waals surface area contributed by atoms with Crippen molar-refractivity contribution >= 4 is 27.1 Å². The van der Waals surface area contributed by atoms with E-state index in [4.69, 9.17) is 16.9 Å². The van der Waals surface area contributed by atoms with E-state index in [0.29, 0.717) is 22.7 Å². The van der Waals surface area contributed by atoms with Crippen molar-refractivity contribution in [2.45, 2.75) is 18.9 Å². The molecule has 0 spiro atoms. The topological polar surface area (TPSA) is 70.0 Å². The molecule has 18 heavy (non-hydrogen) atoms. The van der Waals surface area contributed by atoms with Crippen LogP contribution in [0.2, 0.25) is 5.02 Å². The Labute approximate surface area is 111 Å². The van der Waals surface area contributed by atoms with Crippen LogP contribution >= 0.6 is 11.6 Å². The number of nitrogens with zero attached hydrogens (tertiary/aromatic N) is 1. The molecule has 0 bridgehead atoms. The number of rotatable bonds is 2. The molecule has 1 aliphatic rings. The molecule has 1 saturated heterocycles. The molecule has 4 nitrogen and oxygen atoms in total. The first-order valence-corrected chi connectivity index (χ1v) is 7.72. The third kappa shape index (κ3) is 2.77. The van der Waals surface area contributed by atoms with Crippen LogP contribution < -0.4 is 5.32 Å². The Morgan fingerprint density at radius 1 is 1.50 bits per heavy atom. The van der Waals surface area contributed by atoms with Gasteiger partial charge in [0.15, 0.2) is 9.84 Å². The summed E-state index contributed by atoms with van der Waals surface area (Å²) >= 11 is 6.06. The monoisotopic (exact) mass is 284 g/mol. The van der Waals surface area contributed by atoms with Gasteiger partial charge >= 0.3 is 0 Å². The molecular weight excluding hydrogens is 272 g/mol. The minimum atomic E-state index is -2.96. The van der Waals surface area contributed by atoms with E-state index in [0.717, 1.165) is 0 Å². The largest absolute Gasteiger partial charge is 0.378 e. The predicted molar refractivity (Wildman–Crippen MR) is 71.5 cm³/mol. The molecule has 0 amide bonds. The molecule has 1 fully saturated rings. The summed E-state index contributed by atoms with van der Waals surface area (Å²) in [5.41, 5.74) is 0.654. The molecule has 96 valence electrons. The lowest BCUT2D eigenvalue weighted by Gasteiger charge is -2.26. The quantitative estimate of drug-likeness (QED) is 0.904. The van der Waals surface area contributed by atoms with Crippen LogP contribution in [-0.4, -0.2) is 25.5 Å².